The Labute approximate surface area is 118 Å². The Morgan fingerprint density at radius 2 is 1.90 bits per heavy atom. The molecule has 1 atom stereocenters. The van der Waals surface area contributed by atoms with Crippen LogP contribution in [0.2, 0.25) is 0 Å². The first-order valence-electron chi connectivity index (χ1n) is 6.47. The SMILES string of the molecule is Cc1ccc(C(C)N(C)C(=O)c2cncc(O)c2)cc1. The van der Waals surface area contributed by atoms with Crippen LogP contribution >= 0.6 is 0 Å². The van der Waals surface area contributed by atoms with Crippen molar-refractivity contribution in [1.29, 1.82) is 0 Å². The predicted molar refractivity (Wildman–Crippen MR) is 77.6 cm³/mol. The van der Waals surface area contributed by atoms with Crippen LogP contribution in [0.15, 0.2) is 42.7 Å². The highest BCUT2D eigenvalue weighted by atomic mass is 16.3. The second-order valence-electron chi connectivity index (χ2n) is 4.93. The Kier molecular flexibility index (Phi) is 4.03. The fourth-order valence-electron chi connectivity index (χ4n) is 1.99. The number of rotatable bonds is 3. The van der Waals surface area contributed by atoms with Crippen LogP contribution in [0.1, 0.15) is 34.5 Å². The van der Waals surface area contributed by atoms with Gasteiger partial charge < -0.3 is 10.0 Å². The third-order valence-corrected chi connectivity index (χ3v) is 3.43. The minimum atomic E-state index is -0.165. The van der Waals surface area contributed by atoms with E-state index in [9.17, 15) is 9.90 Å². The molecule has 4 nitrogen and oxygen atoms in total. The number of benzene rings is 1. The average Bonchev–Trinajstić information content (AvgIpc) is 2.46. The van der Waals surface area contributed by atoms with E-state index < -0.39 is 0 Å². The molecule has 2 aromatic rings. The maximum atomic E-state index is 12.4. The summed E-state index contributed by atoms with van der Waals surface area (Å²) in [5, 5.41) is 9.40. The minimum absolute atomic E-state index is 0.00719. The molecule has 1 aromatic carbocycles. The molecular weight excluding hydrogens is 252 g/mol. The maximum absolute atomic E-state index is 12.4. The lowest BCUT2D eigenvalue weighted by Crippen LogP contribution is -2.29. The Morgan fingerprint density at radius 3 is 2.50 bits per heavy atom. The van der Waals surface area contributed by atoms with Gasteiger partial charge in [0, 0.05) is 13.2 Å². The zero-order valence-electron chi connectivity index (χ0n) is 11.9. The number of carbonyl (C=O) groups is 1. The molecule has 1 aromatic heterocycles. The highest BCUT2D eigenvalue weighted by molar-refractivity contribution is 5.94. The third kappa shape index (κ3) is 2.96. The van der Waals surface area contributed by atoms with E-state index in [4.69, 9.17) is 0 Å². The number of nitrogens with zero attached hydrogens (tertiary/aromatic N) is 2. The monoisotopic (exact) mass is 270 g/mol. The van der Waals surface area contributed by atoms with Gasteiger partial charge in [0.1, 0.15) is 5.75 Å². The molecule has 1 heterocycles. The lowest BCUT2D eigenvalue weighted by molar-refractivity contribution is 0.0742. The van der Waals surface area contributed by atoms with E-state index in [1.54, 1.807) is 11.9 Å². The number of pyridine rings is 1. The van der Waals surface area contributed by atoms with Crippen LogP contribution in [0.3, 0.4) is 0 Å². The first-order chi connectivity index (χ1) is 9.49. The standard InChI is InChI=1S/C16H18N2O2/c1-11-4-6-13(7-5-11)12(2)18(3)16(20)14-8-15(19)10-17-9-14/h4-10,12,19H,1-3H3. The molecule has 1 N–H and O–H groups in total. The topological polar surface area (TPSA) is 53.4 Å². The molecule has 4 heteroatoms. The average molecular weight is 270 g/mol. The van der Waals surface area contributed by atoms with E-state index >= 15 is 0 Å². The van der Waals surface area contributed by atoms with Crippen LogP contribution in [0.4, 0.5) is 0 Å². The number of aromatic hydroxyl groups is 1. The van der Waals surface area contributed by atoms with Gasteiger partial charge in [-0.2, -0.15) is 0 Å². The van der Waals surface area contributed by atoms with Crippen LogP contribution in [0, 0.1) is 6.92 Å². The van der Waals surface area contributed by atoms with Crippen LogP contribution < -0.4 is 0 Å². The smallest absolute Gasteiger partial charge is 0.255 e. The zero-order chi connectivity index (χ0) is 14.7. The van der Waals surface area contributed by atoms with Gasteiger partial charge in [-0.1, -0.05) is 29.8 Å². The summed E-state index contributed by atoms with van der Waals surface area (Å²) >= 11 is 0. The summed E-state index contributed by atoms with van der Waals surface area (Å²) in [6.45, 7) is 4.00. The molecule has 2 rings (SSSR count). The Bertz CT molecular complexity index is 608. The van der Waals surface area contributed by atoms with Crippen molar-refractivity contribution in [1.82, 2.24) is 9.88 Å². The van der Waals surface area contributed by atoms with Crippen molar-refractivity contribution in [3.05, 3.63) is 59.4 Å². The first-order valence-corrected chi connectivity index (χ1v) is 6.47. The summed E-state index contributed by atoms with van der Waals surface area (Å²) < 4.78 is 0. The second-order valence-corrected chi connectivity index (χ2v) is 4.93. The van der Waals surface area contributed by atoms with Crippen molar-refractivity contribution in [2.75, 3.05) is 7.05 Å². The van der Waals surface area contributed by atoms with E-state index in [2.05, 4.69) is 4.98 Å². The van der Waals surface area contributed by atoms with Crippen molar-refractivity contribution >= 4 is 5.91 Å². The molecule has 0 bridgehead atoms. The second kappa shape index (κ2) is 5.74. The van der Waals surface area contributed by atoms with Gasteiger partial charge in [-0.05, 0) is 25.5 Å². The molecule has 0 saturated carbocycles. The van der Waals surface area contributed by atoms with Gasteiger partial charge in [-0.15, -0.1) is 0 Å². The molecule has 0 radical (unpaired) electrons. The Balaban J connectivity index is 2.20. The van der Waals surface area contributed by atoms with Gasteiger partial charge in [0.05, 0.1) is 17.8 Å². The normalized spacial score (nSPS) is 11.9. The lowest BCUT2D eigenvalue weighted by Gasteiger charge is -2.25. The summed E-state index contributed by atoms with van der Waals surface area (Å²) in [5.74, 6) is -0.172. The highest BCUT2D eigenvalue weighted by Crippen LogP contribution is 2.21. The number of aromatic nitrogens is 1. The molecule has 1 amide bonds. The van der Waals surface area contributed by atoms with E-state index in [0.29, 0.717) is 5.56 Å². The number of amides is 1. The van der Waals surface area contributed by atoms with Gasteiger partial charge in [-0.25, -0.2) is 0 Å². The van der Waals surface area contributed by atoms with Crippen LogP contribution in [-0.2, 0) is 0 Å². The van der Waals surface area contributed by atoms with Crippen molar-refractivity contribution < 1.29 is 9.90 Å². The summed E-state index contributed by atoms with van der Waals surface area (Å²) in [5.41, 5.74) is 2.64. The van der Waals surface area contributed by atoms with Gasteiger partial charge in [0.25, 0.3) is 5.91 Å². The summed E-state index contributed by atoms with van der Waals surface area (Å²) in [6, 6.07) is 9.47. The quantitative estimate of drug-likeness (QED) is 0.933. The van der Waals surface area contributed by atoms with Crippen molar-refractivity contribution in [3.63, 3.8) is 0 Å². The minimum Gasteiger partial charge on any atom is -0.506 e. The molecule has 0 aliphatic rings. The lowest BCUT2D eigenvalue weighted by atomic mass is 10.0. The van der Waals surface area contributed by atoms with Gasteiger partial charge in [0.2, 0.25) is 0 Å². The fourth-order valence-corrected chi connectivity index (χ4v) is 1.99. The number of aryl methyl sites for hydroxylation is 1. The number of hydrogen-bond donors (Lipinski definition) is 1. The van der Waals surface area contributed by atoms with E-state index in [1.165, 1.54) is 24.0 Å². The first kappa shape index (κ1) is 14.1. The molecule has 20 heavy (non-hydrogen) atoms. The van der Waals surface area contributed by atoms with Gasteiger partial charge in [-0.3, -0.25) is 9.78 Å². The van der Waals surface area contributed by atoms with E-state index in [-0.39, 0.29) is 17.7 Å². The molecule has 0 aliphatic heterocycles. The van der Waals surface area contributed by atoms with Crippen molar-refractivity contribution in [3.8, 4) is 5.75 Å². The molecule has 1 unspecified atom stereocenters. The summed E-state index contributed by atoms with van der Waals surface area (Å²) in [6.07, 6.45) is 2.76. The fraction of sp³-hybridized carbons (Fsp3) is 0.250. The number of carbonyl (C=O) groups excluding carboxylic acids is 1. The molecule has 0 aliphatic carbocycles. The van der Waals surface area contributed by atoms with Gasteiger partial charge >= 0.3 is 0 Å². The van der Waals surface area contributed by atoms with E-state index in [1.807, 2.05) is 38.1 Å². The third-order valence-electron chi connectivity index (χ3n) is 3.43. The molecule has 0 fully saturated rings. The largest absolute Gasteiger partial charge is 0.506 e. The predicted octanol–water partition coefficient (Wildman–Crippen LogP) is 2.93. The van der Waals surface area contributed by atoms with Crippen molar-refractivity contribution in [2.45, 2.75) is 19.9 Å². The molecular formula is C16H18N2O2. The van der Waals surface area contributed by atoms with Crippen molar-refractivity contribution in [2.24, 2.45) is 0 Å². The maximum Gasteiger partial charge on any atom is 0.255 e. The van der Waals surface area contributed by atoms with E-state index in [0.717, 1.165) is 5.56 Å². The molecule has 0 spiro atoms. The number of hydrogen-bond acceptors (Lipinski definition) is 3. The van der Waals surface area contributed by atoms with Gasteiger partial charge in [0.15, 0.2) is 0 Å². The molecule has 104 valence electrons. The summed E-state index contributed by atoms with van der Waals surface area (Å²) in [4.78, 5) is 17.8. The Morgan fingerprint density at radius 1 is 1.25 bits per heavy atom. The highest BCUT2D eigenvalue weighted by Gasteiger charge is 2.19. The van der Waals surface area contributed by atoms with Crippen LogP contribution in [-0.4, -0.2) is 27.9 Å². The van der Waals surface area contributed by atoms with Crippen LogP contribution in [0.5, 0.6) is 5.75 Å². The molecule has 0 saturated heterocycles. The summed E-state index contributed by atoms with van der Waals surface area (Å²) in [7, 11) is 1.75. The van der Waals surface area contributed by atoms with Crippen LogP contribution in [0.25, 0.3) is 0 Å². The zero-order valence-corrected chi connectivity index (χ0v) is 11.9. The Hall–Kier alpha value is -2.36.